The Hall–Kier alpha value is -1.16. The Bertz CT molecular complexity index is 499. The lowest BCUT2D eigenvalue weighted by Gasteiger charge is -2.43. The van der Waals surface area contributed by atoms with E-state index in [-0.39, 0.29) is 17.2 Å². The Kier molecular flexibility index (Phi) is 3.01. The maximum atomic E-state index is 14.1. The van der Waals surface area contributed by atoms with Crippen LogP contribution in [0.25, 0.3) is 0 Å². The summed E-state index contributed by atoms with van der Waals surface area (Å²) in [6.45, 7) is 6.08. The first-order valence-electron chi connectivity index (χ1n) is 6.95. The van der Waals surface area contributed by atoms with Gasteiger partial charge in [-0.3, -0.25) is 0 Å². The minimum Gasteiger partial charge on any atom is -0.366 e. The van der Waals surface area contributed by atoms with Crippen molar-refractivity contribution >= 4 is 5.69 Å². The largest absolute Gasteiger partial charge is 0.366 e. The number of hydrogen-bond acceptors (Lipinski definition) is 2. The van der Waals surface area contributed by atoms with Gasteiger partial charge in [-0.05, 0) is 44.2 Å². The number of nitrogens with one attached hydrogen (secondary N) is 1. The number of nitrogens with zero attached hydrogens (tertiary/aromatic N) is 1. The Morgan fingerprint density at radius 2 is 2.00 bits per heavy atom. The van der Waals surface area contributed by atoms with Crippen molar-refractivity contribution in [1.29, 1.82) is 0 Å². The smallest absolute Gasteiger partial charge is 0.146 e. The van der Waals surface area contributed by atoms with Gasteiger partial charge in [0.25, 0.3) is 0 Å². The van der Waals surface area contributed by atoms with Crippen molar-refractivity contribution in [2.24, 2.45) is 5.92 Å². The SMILES string of the molecule is Cc1cc(F)c(N2CCNC(C)(C3CC3)C2)cc1F. The van der Waals surface area contributed by atoms with Gasteiger partial charge in [0.15, 0.2) is 0 Å². The second-order valence-electron chi connectivity index (χ2n) is 6.09. The summed E-state index contributed by atoms with van der Waals surface area (Å²) in [5.41, 5.74) is 0.796. The molecule has 2 aliphatic rings. The maximum Gasteiger partial charge on any atom is 0.146 e. The number of anilines is 1. The predicted octanol–water partition coefficient (Wildman–Crippen LogP) is 2.85. The summed E-state index contributed by atoms with van der Waals surface area (Å²) in [6.07, 6.45) is 2.48. The lowest BCUT2D eigenvalue weighted by molar-refractivity contribution is 0.284. The molecule has 1 aliphatic carbocycles. The maximum absolute atomic E-state index is 14.1. The molecule has 1 aromatic rings. The molecule has 1 N–H and O–H groups in total. The van der Waals surface area contributed by atoms with Gasteiger partial charge in [-0.1, -0.05) is 0 Å². The highest BCUT2D eigenvalue weighted by Crippen LogP contribution is 2.41. The van der Waals surface area contributed by atoms with Crippen LogP contribution < -0.4 is 10.2 Å². The summed E-state index contributed by atoms with van der Waals surface area (Å²) in [5.74, 6) is 0.0238. The van der Waals surface area contributed by atoms with Gasteiger partial charge in [0.05, 0.1) is 5.69 Å². The molecule has 1 atom stereocenters. The van der Waals surface area contributed by atoms with E-state index in [0.29, 0.717) is 17.2 Å². The highest BCUT2D eigenvalue weighted by atomic mass is 19.1. The highest BCUT2D eigenvalue weighted by molar-refractivity contribution is 5.50. The van der Waals surface area contributed by atoms with Crippen LogP contribution in [0.3, 0.4) is 0 Å². The second-order valence-corrected chi connectivity index (χ2v) is 6.09. The van der Waals surface area contributed by atoms with Gasteiger partial charge >= 0.3 is 0 Å². The fraction of sp³-hybridized carbons (Fsp3) is 0.600. The van der Waals surface area contributed by atoms with Crippen LogP contribution in [0.1, 0.15) is 25.3 Å². The van der Waals surface area contributed by atoms with Crippen LogP contribution in [0, 0.1) is 24.5 Å². The summed E-state index contributed by atoms with van der Waals surface area (Å²) in [7, 11) is 0. The van der Waals surface area contributed by atoms with Gasteiger partial charge in [-0.25, -0.2) is 8.78 Å². The molecule has 1 heterocycles. The number of hydrogen-bond donors (Lipinski definition) is 1. The van der Waals surface area contributed by atoms with Crippen molar-refractivity contribution in [2.75, 3.05) is 24.5 Å². The van der Waals surface area contributed by atoms with Gasteiger partial charge in [0.2, 0.25) is 0 Å². The molecule has 2 nitrogen and oxygen atoms in total. The first-order valence-corrected chi connectivity index (χ1v) is 6.95. The monoisotopic (exact) mass is 266 g/mol. The molecule has 3 rings (SSSR count). The van der Waals surface area contributed by atoms with E-state index in [4.69, 9.17) is 0 Å². The fourth-order valence-corrected chi connectivity index (χ4v) is 3.09. The average Bonchev–Trinajstić information content (AvgIpc) is 3.18. The van der Waals surface area contributed by atoms with Crippen molar-refractivity contribution in [2.45, 2.75) is 32.2 Å². The third-order valence-electron chi connectivity index (χ3n) is 4.48. The van der Waals surface area contributed by atoms with E-state index < -0.39 is 0 Å². The molecule has 4 heteroatoms. The van der Waals surface area contributed by atoms with Gasteiger partial charge in [-0.2, -0.15) is 0 Å². The summed E-state index contributed by atoms with van der Waals surface area (Å²) >= 11 is 0. The molecule has 1 aromatic carbocycles. The Labute approximate surface area is 112 Å². The standard InChI is InChI=1S/C15H20F2N2/c1-10-7-13(17)14(8-12(10)16)19-6-5-18-15(2,9-19)11-3-4-11/h7-8,11,18H,3-6,9H2,1-2H3. The van der Waals surface area contributed by atoms with Crippen molar-refractivity contribution < 1.29 is 8.78 Å². The van der Waals surface area contributed by atoms with Gasteiger partial charge in [0.1, 0.15) is 11.6 Å². The quantitative estimate of drug-likeness (QED) is 0.885. The molecule has 1 aliphatic heterocycles. The Morgan fingerprint density at radius 3 is 2.68 bits per heavy atom. The third-order valence-corrected chi connectivity index (χ3v) is 4.48. The number of benzene rings is 1. The first-order chi connectivity index (χ1) is 8.99. The number of halogens is 2. The molecule has 19 heavy (non-hydrogen) atoms. The van der Waals surface area contributed by atoms with Crippen LogP contribution in [0.15, 0.2) is 12.1 Å². The summed E-state index contributed by atoms with van der Waals surface area (Å²) < 4.78 is 27.7. The van der Waals surface area contributed by atoms with E-state index in [1.54, 1.807) is 6.92 Å². The topological polar surface area (TPSA) is 15.3 Å². The minimum absolute atomic E-state index is 0.0338. The van der Waals surface area contributed by atoms with E-state index in [9.17, 15) is 8.78 Å². The average molecular weight is 266 g/mol. The summed E-state index contributed by atoms with van der Waals surface area (Å²) in [6, 6.07) is 2.63. The second kappa shape index (κ2) is 4.44. The minimum atomic E-state index is -0.331. The molecule has 1 saturated heterocycles. The highest BCUT2D eigenvalue weighted by Gasteiger charge is 2.44. The van der Waals surface area contributed by atoms with E-state index in [2.05, 4.69) is 12.2 Å². The molecule has 1 unspecified atom stereocenters. The zero-order valence-electron chi connectivity index (χ0n) is 11.5. The van der Waals surface area contributed by atoms with Crippen molar-refractivity contribution in [1.82, 2.24) is 5.32 Å². The molecule has 0 bridgehead atoms. The van der Waals surface area contributed by atoms with Gasteiger partial charge in [-0.15, -0.1) is 0 Å². The summed E-state index contributed by atoms with van der Waals surface area (Å²) in [4.78, 5) is 1.98. The molecule has 104 valence electrons. The number of rotatable bonds is 2. The van der Waals surface area contributed by atoms with Crippen LogP contribution in [0.5, 0.6) is 0 Å². The lowest BCUT2D eigenvalue weighted by atomic mass is 9.92. The van der Waals surface area contributed by atoms with Crippen LogP contribution in [0.4, 0.5) is 14.5 Å². The Balaban J connectivity index is 1.87. The van der Waals surface area contributed by atoms with Gasteiger partial charge < -0.3 is 10.2 Å². The van der Waals surface area contributed by atoms with E-state index >= 15 is 0 Å². The van der Waals surface area contributed by atoms with Crippen molar-refractivity contribution in [3.05, 3.63) is 29.3 Å². The van der Waals surface area contributed by atoms with Crippen LogP contribution in [-0.4, -0.2) is 25.2 Å². The molecule has 2 fully saturated rings. The van der Waals surface area contributed by atoms with E-state index in [1.807, 2.05) is 4.90 Å². The zero-order chi connectivity index (χ0) is 13.6. The predicted molar refractivity (Wildman–Crippen MR) is 72.4 cm³/mol. The van der Waals surface area contributed by atoms with Crippen molar-refractivity contribution in [3.8, 4) is 0 Å². The molecule has 0 aromatic heterocycles. The number of aryl methyl sites for hydroxylation is 1. The molecular weight excluding hydrogens is 246 g/mol. The van der Waals surface area contributed by atoms with E-state index in [0.717, 1.165) is 19.6 Å². The fourth-order valence-electron chi connectivity index (χ4n) is 3.09. The molecule has 1 saturated carbocycles. The van der Waals surface area contributed by atoms with E-state index in [1.165, 1.54) is 25.0 Å². The zero-order valence-corrected chi connectivity index (χ0v) is 11.5. The summed E-state index contributed by atoms with van der Waals surface area (Å²) in [5, 5.41) is 3.54. The third kappa shape index (κ3) is 2.34. The van der Waals surface area contributed by atoms with Gasteiger partial charge in [0, 0.05) is 31.2 Å². The lowest BCUT2D eigenvalue weighted by Crippen LogP contribution is -2.60. The van der Waals surface area contributed by atoms with Crippen molar-refractivity contribution in [3.63, 3.8) is 0 Å². The van der Waals surface area contributed by atoms with Crippen LogP contribution >= 0.6 is 0 Å². The molecule has 0 spiro atoms. The first kappa shape index (κ1) is 12.9. The Morgan fingerprint density at radius 1 is 1.26 bits per heavy atom. The number of piperazine rings is 1. The molecule has 0 amide bonds. The molecular formula is C15H20F2N2. The molecule has 0 radical (unpaired) electrons. The van der Waals surface area contributed by atoms with Crippen LogP contribution in [0.2, 0.25) is 0 Å². The normalized spacial score (nSPS) is 27.7. The van der Waals surface area contributed by atoms with Crippen LogP contribution in [-0.2, 0) is 0 Å².